The van der Waals surface area contributed by atoms with Crippen LogP contribution in [0.3, 0.4) is 0 Å². The zero-order valence-electron chi connectivity index (χ0n) is 18.8. The largest absolute Gasteiger partial charge is 0.497 e. The summed E-state index contributed by atoms with van der Waals surface area (Å²) in [5.41, 5.74) is 2.16. The second kappa shape index (κ2) is 9.06. The molecule has 1 aliphatic carbocycles. The topological polar surface area (TPSA) is 67.3 Å². The Labute approximate surface area is 193 Å². The molecule has 6 nitrogen and oxygen atoms in total. The van der Waals surface area contributed by atoms with E-state index in [1.165, 1.54) is 29.5 Å². The fourth-order valence-corrected chi connectivity index (χ4v) is 5.39. The monoisotopic (exact) mass is 450 g/mol. The van der Waals surface area contributed by atoms with E-state index < -0.39 is 0 Å². The van der Waals surface area contributed by atoms with Gasteiger partial charge in [0, 0.05) is 41.7 Å². The number of rotatable bonds is 6. The Morgan fingerprint density at radius 1 is 1.16 bits per heavy atom. The number of aromatic nitrogens is 2. The molecule has 1 N–H and O–H groups in total. The normalized spacial score (nSPS) is 17.4. The number of methoxy groups -OCH3 is 1. The third kappa shape index (κ3) is 4.18. The van der Waals surface area contributed by atoms with Gasteiger partial charge in [-0.25, -0.2) is 9.97 Å². The van der Waals surface area contributed by atoms with Gasteiger partial charge in [-0.3, -0.25) is 4.79 Å². The average Bonchev–Trinajstić information content (AvgIpc) is 3.17. The summed E-state index contributed by atoms with van der Waals surface area (Å²) in [5, 5.41) is 6.47. The molecule has 0 atom stereocenters. The Morgan fingerprint density at radius 2 is 1.91 bits per heavy atom. The summed E-state index contributed by atoms with van der Waals surface area (Å²) in [7, 11) is 1.66. The second-order valence-corrected chi connectivity index (χ2v) is 10.00. The van der Waals surface area contributed by atoms with Crippen molar-refractivity contribution in [1.29, 1.82) is 0 Å². The molecule has 1 saturated heterocycles. The highest BCUT2D eigenvalue weighted by molar-refractivity contribution is 7.11. The van der Waals surface area contributed by atoms with Crippen LogP contribution in [-0.4, -0.2) is 36.1 Å². The van der Waals surface area contributed by atoms with E-state index in [1.807, 2.05) is 24.3 Å². The Hall–Kier alpha value is -2.67. The highest BCUT2D eigenvalue weighted by Crippen LogP contribution is 2.39. The molecule has 0 radical (unpaired) electrons. The number of piperidine rings is 1. The van der Waals surface area contributed by atoms with E-state index in [0.717, 1.165) is 54.4 Å². The highest BCUT2D eigenvalue weighted by Gasteiger charge is 2.29. The van der Waals surface area contributed by atoms with Crippen molar-refractivity contribution in [3.63, 3.8) is 0 Å². The summed E-state index contributed by atoms with van der Waals surface area (Å²) in [6, 6.07) is 7.83. The molecule has 1 amide bonds. The standard InChI is InChI=1S/C25H30N4O2S/c1-16-22-21(15-32-16)27-23(18-4-3-5-18)28-24(22)29-12-10-19(11-13-29)25(30)26-14-17-6-8-20(31-2)9-7-17/h6-9,15,18-19H,3-5,10-14H2,1-2H3,(H,26,30). The smallest absolute Gasteiger partial charge is 0.223 e. The van der Waals surface area contributed by atoms with Gasteiger partial charge in [0.1, 0.15) is 17.4 Å². The molecular weight excluding hydrogens is 420 g/mol. The Bertz CT molecular complexity index is 1100. The predicted molar refractivity (Wildman–Crippen MR) is 129 cm³/mol. The van der Waals surface area contributed by atoms with Crippen LogP contribution in [0, 0.1) is 12.8 Å². The van der Waals surface area contributed by atoms with Gasteiger partial charge in [-0.15, -0.1) is 11.3 Å². The molecule has 2 aliphatic rings. The van der Waals surface area contributed by atoms with E-state index in [1.54, 1.807) is 18.4 Å². The molecule has 32 heavy (non-hydrogen) atoms. The van der Waals surface area contributed by atoms with E-state index in [9.17, 15) is 4.79 Å². The lowest BCUT2D eigenvalue weighted by Crippen LogP contribution is -2.41. The Balaban J connectivity index is 1.23. The summed E-state index contributed by atoms with van der Waals surface area (Å²) >= 11 is 1.75. The number of nitrogens with zero attached hydrogens (tertiary/aromatic N) is 3. The van der Waals surface area contributed by atoms with Crippen LogP contribution in [0.5, 0.6) is 5.75 Å². The quantitative estimate of drug-likeness (QED) is 0.584. The van der Waals surface area contributed by atoms with Crippen molar-refractivity contribution in [3.05, 3.63) is 45.9 Å². The number of carbonyl (C=O) groups excluding carboxylic acids is 1. The Kier molecular flexibility index (Phi) is 6.00. The second-order valence-electron chi connectivity index (χ2n) is 8.91. The molecule has 0 bridgehead atoms. The number of hydrogen-bond donors (Lipinski definition) is 1. The van der Waals surface area contributed by atoms with Crippen LogP contribution < -0.4 is 15.0 Å². The molecule has 0 spiro atoms. The van der Waals surface area contributed by atoms with E-state index in [-0.39, 0.29) is 11.8 Å². The third-order valence-electron chi connectivity index (χ3n) is 6.90. The highest BCUT2D eigenvalue weighted by atomic mass is 32.1. The lowest BCUT2D eigenvalue weighted by molar-refractivity contribution is -0.125. The van der Waals surface area contributed by atoms with Crippen LogP contribution >= 0.6 is 11.3 Å². The zero-order valence-corrected chi connectivity index (χ0v) is 19.6. The lowest BCUT2D eigenvalue weighted by atomic mass is 9.85. The van der Waals surface area contributed by atoms with Crippen LogP contribution in [0.25, 0.3) is 10.9 Å². The SMILES string of the molecule is COc1ccc(CNC(=O)C2CCN(c3nc(C4CCC4)nc4csc(C)c34)CC2)cc1. The van der Waals surface area contributed by atoms with Crippen molar-refractivity contribution in [1.82, 2.24) is 15.3 Å². The maximum atomic E-state index is 12.8. The number of carbonyl (C=O) groups is 1. The number of ether oxygens (including phenoxy) is 1. The predicted octanol–water partition coefficient (Wildman–Crippen LogP) is 4.81. The molecule has 2 aromatic heterocycles. The van der Waals surface area contributed by atoms with Crippen LogP contribution in [0.15, 0.2) is 29.6 Å². The molecule has 5 rings (SSSR count). The molecule has 168 valence electrons. The number of fused-ring (bicyclic) bond motifs is 1. The summed E-state index contributed by atoms with van der Waals surface area (Å²) < 4.78 is 5.19. The number of amides is 1. The fraction of sp³-hybridized carbons (Fsp3) is 0.480. The molecule has 0 unspecified atom stereocenters. The first-order valence-electron chi connectivity index (χ1n) is 11.5. The first-order chi connectivity index (χ1) is 15.6. The van der Waals surface area contributed by atoms with Gasteiger partial charge in [0.05, 0.1) is 18.0 Å². The van der Waals surface area contributed by atoms with Gasteiger partial charge in [0.15, 0.2) is 0 Å². The van der Waals surface area contributed by atoms with Gasteiger partial charge in [-0.1, -0.05) is 18.6 Å². The van der Waals surface area contributed by atoms with Crippen molar-refractivity contribution in [2.45, 2.75) is 51.5 Å². The van der Waals surface area contributed by atoms with Crippen molar-refractivity contribution < 1.29 is 9.53 Å². The molecule has 1 aromatic carbocycles. The fourth-order valence-electron chi connectivity index (χ4n) is 4.62. The number of thiophene rings is 1. The van der Waals surface area contributed by atoms with E-state index in [0.29, 0.717) is 12.5 Å². The molecule has 1 saturated carbocycles. The van der Waals surface area contributed by atoms with Gasteiger partial charge in [-0.2, -0.15) is 0 Å². The number of anilines is 1. The summed E-state index contributed by atoms with van der Waals surface area (Å²) in [6.45, 7) is 4.41. The average molecular weight is 451 g/mol. The first kappa shape index (κ1) is 21.2. The van der Waals surface area contributed by atoms with Gasteiger partial charge in [-0.05, 0) is 50.3 Å². The number of benzene rings is 1. The van der Waals surface area contributed by atoms with E-state index in [4.69, 9.17) is 14.7 Å². The first-order valence-corrected chi connectivity index (χ1v) is 12.4. The van der Waals surface area contributed by atoms with Gasteiger partial charge in [0.2, 0.25) is 5.91 Å². The number of nitrogens with one attached hydrogen (secondary N) is 1. The Morgan fingerprint density at radius 3 is 2.56 bits per heavy atom. The van der Waals surface area contributed by atoms with E-state index in [2.05, 4.69) is 22.5 Å². The molecule has 3 heterocycles. The molecule has 1 aliphatic heterocycles. The zero-order chi connectivity index (χ0) is 22.1. The summed E-state index contributed by atoms with van der Waals surface area (Å²) in [5.74, 6) is 3.63. The van der Waals surface area contributed by atoms with Crippen LogP contribution in [0.4, 0.5) is 5.82 Å². The van der Waals surface area contributed by atoms with Gasteiger partial charge in [0.25, 0.3) is 0 Å². The minimum absolute atomic E-state index is 0.0523. The summed E-state index contributed by atoms with van der Waals surface area (Å²) in [6.07, 6.45) is 5.37. The van der Waals surface area contributed by atoms with E-state index >= 15 is 0 Å². The van der Waals surface area contributed by atoms with Gasteiger partial charge < -0.3 is 15.0 Å². The summed E-state index contributed by atoms with van der Waals surface area (Å²) in [4.78, 5) is 26.4. The lowest BCUT2D eigenvalue weighted by Gasteiger charge is -2.33. The number of aryl methyl sites for hydroxylation is 1. The van der Waals surface area contributed by atoms with Crippen LogP contribution in [-0.2, 0) is 11.3 Å². The number of hydrogen-bond acceptors (Lipinski definition) is 6. The van der Waals surface area contributed by atoms with Crippen molar-refractivity contribution in [2.75, 3.05) is 25.1 Å². The minimum atomic E-state index is 0.0523. The molecular formula is C25H30N4O2S. The van der Waals surface area contributed by atoms with Gasteiger partial charge >= 0.3 is 0 Å². The maximum absolute atomic E-state index is 12.8. The minimum Gasteiger partial charge on any atom is -0.497 e. The molecule has 7 heteroatoms. The molecule has 2 fully saturated rings. The van der Waals surface area contributed by atoms with Crippen molar-refractivity contribution in [2.24, 2.45) is 5.92 Å². The maximum Gasteiger partial charge on any atom is 0.223 e. The molecule has 3 aromatic rings. The van der Waals surface area contributed by atoms with Crippen LogP contribution in [0.2, 0.25) is 0 Å². The van der Waals surface area contributed by atoms with Crippen molar-refractivity contribution in [3.8, 4) is 5.75 Å². The van der Waals surface area contributed by atoms with Crippen LogP contribution in [0.1, 0.15) is 54.3 Å². The third-order valence-corrected chi connectivity index (χ3v) is 7.79. The van der Waals surface area contributed by atoms with Crippen molar-refractivity contribution >= 4 is 34.0 Å².